The molecule has 5 nitrogen and oxygen atoms in total. The van der Waals surface area contributed by atoms with E-state index in [1.54, 1.807) is 12.2 Å². The number of halogens is 1. The molecule has 1 aliphatic rings. The topological polar surface area (TPSA) is 55.3 Å². The minimum Gasteiger partial charge on any atom is -0.472 e. The van der Waals surface area contributed by atoms with Crippen LogP contribution in [0.5, 0.6) is 5.88 Å². The number of rotatable bonds is 4. The zero-order chi connectivity index (χ0) is 18.5. The third kappa shape index (κ3) is 5.05. The van der Waals surface area contributed by atoms with Crippen molar-refractivity contribution >= 4 is 23.6 Å². The van der Waals surface area contributed by atoms with Crippen LogP contribution in [0.25, 0.3) is 6.08 Å². The molecule has 0 N–H and O–H groups in total. The van der Waals surface area contributed by atoms with Gasteiger partial charge in [0.1, 0.15) is 11.9 Å². The Kier molecular flexibility index (Phi) is 5.89. The summed E-state index contributed by atoms with van der Waals surface area (Å²) in [6.07, 6.45) is 5.18. The number of carbonyl (C=O) groups is 1. The number of hydrogen-bond donors (Lipinski definition) is 0. The monoisotopic (exact) mass is 371 g/mol. The van der Waals surface area contributed by atoms with Gasteiger partial charge in [0, 0.05) is 29.4 Å². The number of likely N-dealkylation sites (tertiary alicyclic amines) is 1. The van der Waals surface area contributed by atoms with Crippen LogP contribution < -0.4 is 4.74 Å². The third-order valence-corrected chi connectivity index (χ3v) is 4.46. The largest absolute Gasteiger partial charge is 0.472 e. The van der Waals surface area contributed by atoms with Gasteiger partial charge in [0.05, 0.1) is 6.54 Å². The van der Waals surface area contributed by atoms with Gasteiger partial charge in [-0.05, 0) is 50.5 Å². The fraction of sp³-hybridized carbons (Fsp3) is 0.350. The van der Waals surface area contributed by atoms with E-state index in [-0.39, 0.29) is 12.0 Å². The van der Waals surface area contributed by atoms with E-state index in [0.717, 1.165) is 30.6 Å². The van der Waals surface area contributed by atoms with Gasteiger partial charge in [-0.1, -0.05) is 23.7 Å². The van der Waals surface area contributed by atoms with Crippen LogP contribution >= 0.6 is 11.6 Å². The van der Waals surface area contributed by atoms with Gasteiger partial charge in [-0.15, -0.1) is 0 Å². The molecule has 6 heteroatoms. The minimum atomic E-state index is -0.0506. The standard InChI is InChI=1S/C20H22ClN3O2/c1-14-12-19(23-15(2)22-14)26-18-4-3-11-24(13-18)20(25)10-7-16-5-8-17(21)9-6-16/h5-10,12,18H,3-4,11,13H2,1-2H3/b10-7+. The Balaban J connectivity index is 1.60. The summed E-state index contributed by atoms with van der Waals surface area (Å²) in [6.45, 7) is 5.06. The van der Waals surface area contributed by atoms with Gasteiger partial charge in [0.2, 0.25) is 11.8 Å². The number of aromatic nitrogens is 2. The number of amides is 1. The van der Waals surface area contributed by atoms with E-state index in [1.165, 1.54) is 0 Å². The van der Waals surface area contributed by atoms with Crippen LogP contribution in [0.1, 0.15) is 29.9 Å². The smallest absolute Gasteiger partial charge is 0.246 e. The SMILES string of the molecule is Cc1cc(OC2CCCN(C(=O)/C=C/c3ccc(Cl)cc3)C2)nc(C)n1. The second-order valence-corrected chi connectivity index (χ2v) is 6.88. The summed E-state index contributed by atoms with van der Waals surface area (Å²) < 4.78 is 5.99. The van der Waals surface area contributed by atoms with E-state index < -0.39 is 0 Å². The van der Waals surface area contributed by atoms with Crippen LogP contribution in [-0.4, -0.2) is 40.0 Å². The lowest BCUT2D eigenvalue weighted by Gasteiger charge is -2.32. The number of carbonyl (C=O) groups excluding carboxylic acids is 1. The Morgan fingerprint density at radius 3 is 2.77 bits per heavy atom. The van der Waals surface area contributed by atoms with Gasteiger partial charge in [-0.25, -0.2) is 4.98 Å². The lowest BCUT2D eigenvalue weighted by Crippen LogP contribution is -2.43. The minimum absolute atomic E-state index is 0.0108. The lowest BCUT2D eigenvalue weighted by atomic mass is 10.1. The Hall–Kier alpha value is -2.40. The fourth-order valence-electron chi connectivity index (χ4n) is 3.00. The van der Waals surface area contributed by atoms with E-state index in [0.29, 0.717) is 23.3 Å². The molecule has 1 fully saturated rings. The highest BCUT2D eigenvalue weighted by Crippen LogP contribution is 2.18. The lowest BCUT2D eigenvalue weighted by molar-refractivity contribution is -0.128. The zero-order valence-electron chi connectivity index (χ0n) is 15.0. The van der Waals surface area contributed by atoms with E-state index in [4.69, 9.17) is 16.3 Å². The molecule has 136 valence electrons. The molecule has 0 aliphatic carbocycles. The maximum Gasteiger partial charge on any atom is 0.246 e. The molecule has 3 rings (SSSR count). The molecule has 1 atom stereocenters. The van der Waals surface area contributed by atoms with E-state index in [9.17, 15) is 4.79 Å². The Labute approximate surface area is 158 Å². The number of nitrogens with zero attached hydrogens (tertiary/aromatic N) is 3. The highest BCUT2D eigenvalue weighted by atomic mass is 35.5. The molecular weight excluding hydrogens is 350 g/mol. The van der Waals surface area contributed by atoms with Gasteiger partial charge >= 0.3 is 0 Å². The molecule has 0 spiro atoms. The normalized spacial score (nSPS) is 17.5. The molecule has 1 aromatic heterocycles. The maximum atomic E-state index is 12.5. The molecule has 2 heterocycles. The van der Waals surface area contributed by atoms with Crippen molar-refractivity contribution in [2.75, 3.05) is 13.1 Å². The summed E-state index contributed by atoms with van der Waals surface area (Å²) in [5.74, 6) is 1.25. The van der Waals surface area contributed by atoms with Crippen molar-refractivity contribution in [2.45, 2.75) is 32.8 Å². The quantitative estimate of drug-likeness (QED) is 0.766. The van der Waals surface area contributed by atoms with E-state index in [1.807, 2.05) is 49.1 Å². The van der Waals surface area contributed by atoms with Crippen LogP contribution in [-0.2, 0) is 4.79 Å². The molecule has 0 bridgehead atoms. The first-order valence-electron chi connectivity index (χ1n) is 8.71. The Morgan fingerprint density at radius 2 is 2.04 bits per heavy atom. The van der Waals surface area contributed by atoms with Crippen LogP contribution in [0.4, 0.5) is 0 Å². The summed E-state index contributed by atoms with van der Waals surface area (Å²) in [5, 5.41) is 0.680. The first-order valence-corrected chi connectivity index (χ1v) is 9.09. The predicted octanol–water partition coefficient (Wildman–Crippen LogP) is 3.83. The van der Waals surface area contributed by atoms with Crippen molar-refractivity contribution in [3.8, 4) is 5.88 Å². The predicted molar refractivity (Wildman–Crippen MR) is 102 cm³/mol. The van der Waals surface area contributed by atoms with E-state index >= 15 is 0 Å². The highest BCUT2D eigenvalue weighted by molar-refractivity contribution is 6.30. The second kappa shape index (κ2) is 8.32. The molecule has 0 saturated carbocycles. The van der Waals surface area contributed by atoms with Crippen LogP contribution in [0.15, 0.2) is 36.4 Å². The average Bonchev–Trinajstić information content (AvgIpc) is 2.60. The summed E-state index contributed by atoms with van der Waals surface area (Å²) in [5.41, 5.74) is 1.82. The number of hydrogen-bond acceptors (Lipinski definition) is 4. The maximum absolute atomic E-state index is 12.5. The molecule has 26 heavy (non-hydrogen) atoms. The van der Waals surface area contributed by atoms with Crippen molar-refractivity contribution in [1.29, 1.82) is 0 Å². The van der Waals surface area contributed by atoms with E-state index in [2.05, 4.69) is 9.97 Å². The number of benzene rings is 1. The van der Waals surface area contributed by atoms with Crippen molar-refractivity contribution in [2.24, 2.45) is 0 Å². The van der Waals surface area contributed by atoms with Crippen molar-refractivity contribution in [3.05, 3.63) is 58.5 Å². The average molecular weight is 372 g/mol. The first-order chi connectivity index (χ1) is 12.5. The van der Waals surface area contributed by atoms with Gasteiger partial charge in [0.25, 0.3) is 0 Å². The van der Waals surface area contributed by atoms with Crippen LogP contribution in [0, 0.1) is 13.8 Å². The molecule has 2 aromatic rings. The molecule has 1 unspecified atom stereocenters. The van der Waals surface area contributed by atoms with Gasteiger partial charge in [-0.3, -0.25) is 4.79 Å². The number of piperidine rings is 1. The molecular formula is C20H22ClN3O2. The van der Waals surface area contributed by atoms with Gasteiger partial charge in [-0.2, -0.15) is 4.98 Å². The van der Waals surface area contributed by atoms with Crippen molar-refractivity contribution in [1.82, 2.24) is 14.9 Å². The molecule has 1 saturated heterocycles. The van der Waals surface area contributed by atoms with Crippen molar-refractivity contribution < 1.29 is 9.53 Å². The summed E-state index contributed by atoms with van der Waals surface area (Å²) in [7, 11) is 0. The Morgan fingerprint density at radius 1 is 1.27 bits per heavy atom. The summed E-state index contributed by atoms with van der Waals surface area (Å²) in [6, 6.07) is 9.21. The first kappa shape index (κ1) is 18.4. The second-order valence-electron chi connectivity index (χ2n) is 6.45. The van der Waals surface area contributed by atoms with Crippen molar-refractivity contribution in [3.63, 3.8) is 0 Å². The molecule has 1 amide bonds. The van der Waals surface area contributed by atoms with Gasteiger partial charge < -0.3 is 9.64 Å². The third-order valence-electron chi connectivity index (χ3n) is 4.21. The molecule has 0 radical (unpaired) electrons. The van der Waals surface area contributed by atoms with Crippen LogP contribution in [0.3, 0.4) is 0 Å². The molecule has 1 aliphatic heterocycles. The fourth-order valence-corrected chi connectivity index (χ4v) is 3.12. The summed E-state index contributed by atoms with van der Waals surface area (Å²) >= 11 is 5.88. The highest BCUT2D eigenvalue weighted by Gasteiger charge is 2.24. The number of aryl methyl sites for hydroxylation is 2. The summed E-state index contributed by atoms with van der Waals surface area (Å²) in [4.78, 5) is 22.9. The Bertz CT molecular complexity index is 785. The zero-order valence-corrected chi connectivity index (χ0v) is 15.7. The number of ether oxygens (including phenoxy) is 1. The van der Waals surface area contributed by atoms with Crippen LogP contribution in [0.2, 0.25) is 5.02 Å². The molecule has 1 aromatic carbocycles. The van der Waals surface area contributed by atoms with Gasteiger partial charge in [0.15, 0.2) is 0 Å².